The van der Waals surface area contributed by atoms with Crippen LogP contribution in [-0.4, -0.2) is 4.57 Å². The summed E-state index contributed by atoms with van der Waals surface area (Å²) in [4.78, 5) is 11.2. The van der Waals surface area contributed by atoms with Crippen LogP contribution in [0.3, 0.4) is 0 Å². The Morgan fingerprint density at radius 2 is 2.17 bits per heavy atom. The van der Waals surface area contributed by atoms with Crippen LogP contribution in [0.4, 0.5) is 0 Å². The minimum atomic E-state index is 0.0158. The fraction of sp³-hybridized carbons (Fsp3) is 0.100. The van der Waals surface area contributed by atoms with E-state index in [4.69, 9.17) is 0 Å². The van der Waals surface area contributed by atoms with Gasteiger partial charge in [-0.2, -0.15) is 0 Å². The van der Waals surface area contributed by atoms with Gasteiger partial charge in [0, 0.05) is 18.5 Å². The summed E-state index contributed by atoms with van der Waals surface area (Å²) in [5.41, 5.74) is 0.937. The van der Waals surface area contributed by atoms with Gasteiger partial charge in [-0.1, -0.05) is 12.1 Å². The number of fused-ring (bicyclic) bond motifs is 1. The Kier molecular flexibility index (Phi) is 1.47. The molecule has 1 aromatic carbocycles. The van der Waals surface area contributed by atoms with Crippen molar-refractivity contribution in [2.75, 3.05) is 0 Å². The molecule has 0 N–H and O–H groups in total. The third kappa shape index (κ3) is 0.925. The normalized spacial score (nSPS) is 10.4. The van der Waals surface area contributed by atoms with Crippen LogP contribution in [0.25, 0.3) is 10.9 Å². The van der Waals surface area contributed by atoms with Gasteiger partial charge in [-0.15, -0.1) is 0 Å². The number of hydrogen-bond acceptors (Lipinski definition) is 1. The number of benzene rings is 1. The molecule has 59 valence electrons. The topological polar surface area (TPSA) is 22.0 Å². The molecule has 2 nitrogen and oxygen atoms in total. The second-order valence-corrected chi connectivity index (χ2v) is 2.70. The molecule has 0 fully saturated rings. The van der Waals surface area contributed by atoms with Crippen LogP contribution in [0.1, 0.15) is 0 Å². The lowest BCUT2D eigenvalue weighted by Gasteiger charge is -2.01. The molecule has 2 heteroatoms. The number of aromatic nitrogens is 1. The second kappa shape index (κ2) is 2.48. The van der Waals surface area contributed by atoms with Crippen LogP contribution < -0.4 is 5.56 Å². The second-order valence-electron chi connectivity index (χ2n) is 2.70. The molecule has 0 saturated carbocycles. The smallest absolute Gasteiger partial charge is 0.250 e. The summed E-state index contributed by atoms with van der Waals surface area (Å²) >= 11 is 0. The van der Waals surface area contributed by atoms with E-state index in [-0.39, 0.29) is 5.56 Å². The van der Waals surface area contributed by atoms with Crippen molar-refractivity contribution >= 4 is 10.9 Å². The zero-order valence-corrected chi connectivity index (χ0v) is 6.74. The van der Waals surface area contributed by atoms with E-state index in [0.29, 0.717) is 0 Å². The first-order valence-electron chi connectivity index (χ1n) is 3.75. The third-order valence-electron chi connectivity index (χ3n) is 1.95. The van der Waals surface area contributed by atoms with Crippen LogP contribution in [0.5, 0.6) is 0 Å². The SMILES string of the molecule is Cn1c(=O)ccc2[c]cccc21. The average Bonchev–Trinajstić information content (AvgIpc) is 2.12. The number of rotatable bonds is 0. The monoisotopic (exact) mass is 158 g/mol. The molecule has 1 radical (unpaired) electrons. The highest BCUT2D eigenvalue weighted by Crippen LogP contribution is 2.08. The molecule has 0 aliphatic rings. The lowest BCUT2D eigenvalue weighted by atomic mass is 10.2. The molecule has 0 spiro atoms. The van der Waals surface area contributed by atoms with Crippen molar-refractivity contribution in [3.8, 4) is 0 Å². The van der Waals surface area contributed by atoms with Crippen molar-refractivity contribution < 1.29 is 0 Å². The van der Waals surface area contributed by atoms with Crippen molar-refractivity contribution in [2.45, 2.75) is 0 Å². The molecule has 0 bridgehead atoms. The fourth-order valence-electron chi connectivity index (χ4n) is 1.25. The minimum Gasteiger partial charge on any atom is -0.311 e. The van der Waals surface area contributed by atoms with E-state index < -0.39 is 0 Å². The Morgan fingerprint density at radius 3 is 3.00 bits per heavy atom. The van der Waals surface area contributed by atoms with E-state index in [0.717, 1.165) is 10.9 Å². The van der Waals surface area contributed by atoms with Gasteiger partial charge in [-0.25, -0.2) is 0 Å². The van der Waals surface area contributed by atoms with Gasteiger partial charge in [0.1, 0.15) is 0 Å². The standard InChI is InChI=1S/C10H8NO/c1-11-9-5-3-2-4-8(9)6-7-10(11)12/h2-3,5-7H,1H3. The molecule has 2 rings (SSSR count). The van der Waals surface area contributed by atoms with E-state index in [2.05, 4.69) is 6.07 Å². The first kappa shape index (κ1) is 7.10. The first-order valence-corrected chi connectivity index (χ1v) is 3.75. The quantitative estimate of drug-likeness (QED) is 0.567. The first-order chi connectivity index (χ1) is 5.79. The molecule has 0 atom stereocenters. The largest absolute Gasteiger partial charge is 0.311 e. The molecule has 0 aliphatic carbocycles. The number of hydrogen-bond donors (Lipinski definition) is 0. The highest BCUT2D eigenvalue weighted by Gasteiger charge is 1.95. The van der Waals surface area contributed by atoms with E-state index in [1.54, 1.807) is 23.7 Å². The molecule has 12 heavy (non-hydrogen) atoms. The van der Waals surface area contributed by atoms with Gasteiger partial charge in [0.15, 0.2) is 0 Å². The highest BCUT2D eigenvalue weighted by molar-refractivity contribution is 5.77. The van der Waals surface area contributed by atoms with Crippen LogP contribution in [0.2, 0.25) is 0 Å². The maximum Gasteiger partial charge on any atom is 0.250 e. The van der Waals surface area contributed by atoms with E-state index in [1.165, 1.54) is 0 Å². The lowest BCUT2D eigenvalue weighted by Crippen LogP contribution is -2.14. The van der Waals surface area contributed by atoms with Gasteiger partial charge in [0.2, 0.25) is 0 Å². The predicted octanol–water partition coefficient (Wildman–Crippen LogP) is 1.34. The van der Waals surface area contributed by atoms with E-state index in [9.17, 15) is 4.79 Å². The van der Waals surface area contributed by atoms with Crippen molar-refractivity contribution in [2.24, 2.45) is 7.05 Å². The van der Waals surface area contributed by atoms with Gasteiger partial charge in [-0.05, 0) is 18.2 Å². The van der Waals surface area contributed by atoms with Gasteiger partial charge in [0.25, 0.3) is 5.56 Å². The highest BCUT2D eigenvalue weighted by atomic mass is 16.1. The molecular formula is C10H8NO. The molecule has 0 amide bonds. The summed E-state index contributed by atoms with van der Waals surface area (Å²) in [7, 11) is 1.76. The van der Waals surface area contributed by atoms with Gasteiger partial charge >= 0.3 is 0 Å². The van der Waals surface area contributed by atoms with Gasteiger partial charge < -0.3 is 4.57 Å². The maximum atomic E-state index is 11.2. The number of nitrogens with zero attached hydrogens (tertiary/aromatic N) is 1. The minimum absolute atomic E-state index is 0.0158. The van der Waals surface area contributed by atoms with Crippen LogP contribution >= 0.6 is 0 Å². The Balaban J connectivity index is 3.01. The Bertz CT molecular complexity index is 470. The summed E-state index contributed by atoms with van der Waals surface area (Å²) in [6.45, 7) is 0. The molecule has 1 aromatic heterocycles. The summed E-state index contributed by atoms with van der Waals surface area (Å²) in [5, 5.41) is 0.972. The number of pyridine rings is 1. The van der Waals surface area contributed by atoms with Crippen LogP contribution in [0, 0.1) is 6.07 Å². The zero-order chi connectivity index (χ0) is 8.55. The fourth-order valence-corrected chi connectivity index (χ4v) is 1.25. The predicted molar refractivity (Wildman–Crippen MR) is 48.0 cm³/mol. The van der Waals surface area contributed by atoms with Gasteiger partial charge in [-0.3, -0.25) is 4.79 Å². The Hall–Kier alpha value is -1.57. The van der Waals surface area contributed by atoms with Crippen molar-refractivity contribution in [3.63, 3.8) is 0 Å². The molecule has 2 aromatic rings. The van der Waals surface area contributed by atoms with Crippen LogP contribution in [0.15, 0.2) is 35.1 Å². The number of aryl methyl sites for hydroxylation is 1. The molecular weight excluding hydrogens is 150 g/mol. The van der Waals surface area contributed by atoms with Gasteiger partial charge in [0.05, 0.1) is 5.52 Å². The van der Waals surface area contributed by atoms with Crippen LogP contribution in [-0.2, 0) is 7.05 Å². The summed E-state index contributed by atoms with van der Waals surface area (Å²) < 4.78 is 1.62. The summed E-state index contributed by atoms with van der Waals surface area (Å²) in [6.07, 6.45) is 0. The Labute approximate surface area is 70.1 Å². The Morgan fingerprint density at radius 1 is 1.33 bits per heavy atom. The summed E-state index contributed by atoms with van der Waals surface area (Å²) in [6, 6.07) is 12.0. The summed E-state index contributed by atoms with van der Waals surface area (Å²) in [5.74, 6) is 0. The lowest BCUT2D eigenvalue weighted by molar-refractivity contribution is 0.906. The van der Waals surface area contributed by atoms with E-state index >= 15 is 0 Å². The van der Waals surface area contributed by atoms with Crippen molar-refractivity contribution in [1.82, 2.24) is 4.57 Å². The molecule has 0 aliphatic heterocycles. The average molecular weight is 158 g/mol. The molecule has 1 heterocycles. The third-order valence-corrected chi connectivity index (χ3v) is 1.95. The zero-order valence-electron chi connectivity index (χ0n) is 6.74. The van der Waals surface area contributed by atoms with E-state index in [1.807, 2.05) is 18.2 Å². The van der Waals surface area contributed by atoms with Crippen molar-refractivity contribution in [3.05, 3.63) is 46.8 Å². The maximum absolute atomic E-state index is 11.2. The molecule has 0 unspecified atom stereocenters. The molecule has 0 saturated heterocycles. The van der Waals surface area contributed by atoms with Crippen molar-refractivity contribution in [1.29, 1.82) is 0 Å².